The average molecular weight is 214 g/mol. The molecular formula is C11H22N2O2. The van der Waals surface area contributed by atoms with Gasteiger partial charge in [0.05, 0.1) is 12.1 Å². The predicted octanol–water partition coefficient (Wildman–Crippen LogP) is 1.59. The molecule has 0 bridgehead atoms. The molecule has 15 heavy (non-hydrogen) atoms. The van der Waals surface area contributed by atoms with Gasteiger partial charge in [0.25, 0.3) is 0 Å². The molecule has 1 aliphatic heterocycles. The molecule has 0 saturated carbocycles. The second-order valence-corrected chi connectivity index (χ2v) is 4.92. The topological polar surface area (TPSA) is 55.6 Å². The third-order valence-corrected chi connectivity index (χ3v) is 2.91. The first-order chi connectivity index (χ1) is 6.99. The molecule has 1 saturated heterocycles. The molecule has 4 heteroatoms. The lowest BCUT2D eigenvalue weighted by molar-refractivity contribution is 0.0207. The Labute approximate surface area is 91.8 Å². The van der Waals surface area contributed by atoms with Gasteiger partial charge in [0.1, 0.15) is 0 Å². The van der Waals surface area contributed by atoms with E-state index in [0.29, 0.717) is 19.1 Å². The summed E-state index contributed by atoms with van der Waals surface area (Å²) in [5.41, 5.74) is 5.54. The Morgan fingerprint density at radius 3 is 2.73 bits per heavy atom. The Kier molecular flexibility index (Phi) is 3.97. The van der Waals surface area contributed by atoms with E-state index < -0.39 is 0 Å². The zero-order valence-corrected chi connectivity index (χ0v) is 9.95. The number of hydrogen-bond donors (Lipinski definition) is 1. The van der Waals surface area contributed by atoms with E-state index in [9.17, 15) is 4.79 Å². The number of carbonyl (C=O) groups is 1. The van der Waals surface area contributed by atoms with Crippen LogP contribution >= 0.6 is 0 Å². The Bertz CT molecular complexity index is 231. The number of nitrogens with zero attached hydrogens (tertiary/aromatic N) is 1. The van der Waals surface area contributed by atoms with Gasteiger partial charge in [-0.25, -0.2) is 4.79 Å². The van der Waals surface area contributed by atoms with Gasteiger partial charge in [-0.1, -0.05) is 13.8 Å². The van der Waals surface area contributed by atoms with Gasteiger partial charge in [-0.3, -0.25) is 0 Å². The fraction of sp³-hybridized carbons (Fsp3) is 0.909. The van der Waals surface area contributed by atoms with Crippen LogP contribution in [0.4, 0.5) is 4.79 Å². The first-order valence-electron chi connectivity index (χ1n) is 5.64. The minimum absolute atomic E-state index is 0.213. The summed E-state index contributed by atoms with van der Waals surface area (Å²) in [6.45, 7) is 8.11. The number of hydrogen-bond acceptors (Lipinski definition) is 3. The number of nitrogens with two attached hydrogens (primary N) is 1. The molecule has 1 aliphatic rings. The van der Waals surface area contributed by atoms with E-state index in [0.717, 1.165) is 19.4 Å². The summed E-state index contributed by atoms with van der Waals surface area (Å²) in [5.74, 6) is 0.522. The van der Waals surface area contributed by atoms with Crippen LogP contribution in [-0.2, 0) is 4.74 Å². The van der Waals surface area contributed by atoms with Crippen LogP contribution in [0.25, 0.3) is 0 Å². The Morgan fingerprint density at radius 1 is 1.60 bits per heavy atom. The molecule has 2 N–H and O–H groups in total. The minimum Gasteiger partial charge on any atom is -0.449 e. The quantitative estimate of drug-likeness (QED) is 0.773. The lowest BCUT2D eigenvalue weighted by Crippen LogP contribution is -2.57. The summed E-state index contributed by atoms with van der Waals surface area (Å²) in [6, 6.07) is 0. The zero-order valence-electron chi connectivity index (χ0n) is 9.95. The largest absolute Gasteiger partial charge is 0.449 e. The highest BCUT2D eigenvalue weighted by Gasteiger charge is 2.37. The number of rotatable bonds is 4. The molecule has 88 valence electrons. The van der Waals surface area contributed by atoms with Gasteiger partial charge in [0, 0.05) is 13.1 Å². The molecular weight excluding hydrogens is 192 g/mol. The summed E-state index contributed by atoms with van der Waals surface area (Å²) < 4.78 is 5.05. The van der Waals surface area contributed by atoms with Gasteiger partial charge in [-0.2, -0.15) is 0 Å². The molecule has 0 aromatic rings. The maximum Gasteiger partial charge on any atom is 0.410 e. The van der Waals surface area contributed by atoms with Gasteiger partial charge < -0.3 is 15.4 Å². The van der Waals surface area contributed by atoms with Crippen LogP contribution in [0.2, 0.25) is 0 Å². The molecule has 0 aromatic heterocycles. The maximum absolute atomic E-state index is 11.6. The summed E-state index contributed by atoms with van der Waals surface area (Å²) in [4.78, 5) is 13.4. The highest BCUT2D eigenvalue weighted by atomic mass is 16.6. The van der Waals surface area contributed by atoms with Crippen LogP contribution in [0.15, 0.2) is 0 Å². The molecule has 0 spiro atoms. The molecule has 4 nitrogen and oxygen atoms in total. The van der Waals surface area contributed by atoms with Crippen molar-refractivity contribution in [3.8, 4) is 0 Å². The molecule has 1 unspecified atom stereocenters. The van der Waals surface area contributed by atoms with Crippen LogP contribution in [0, 0.1) is 5.92 Å². The van der Waals surface area contributed by atoms with Crippen molar-refractivity contribution in [1.29, 1.82) is 0 Å². The maximum atomic E-state index is 11.6. The average Bonchev–Trinajstić information content (AvgIpc) is 2.17. The van der Waals surface area contributed by atoms with Crippen LogP contribution < -0.4 is 5.73 Å². The first-order valence-corrected chi connectivity index (χ1v) is 5.64. The number of carbonyl (C=O) groups excluding carboxylic acids is 1. The third-order valence-electron chi connectivity index (χ3n) is 2.91. The molecule has 1 amide bonds. The van der Waals surface area contributed by atoms with Crippen molar-refractivity contribution in [1.82, 2.24) is 4.90 Å². The van der Waals surface area contributed by atoms with Crippen molar-refractivity contribution in [3.63, 3.8) is 0 Å². The Balaban J connectivity index is 2.74. The number of cyclic esters (lactones) is 1. The van der Waals surface area contributed by atoms with Crippen molar-refractivity contribution < 1.29 is 9.53 Å². The zero-order chi connectivity index (χ0) is 11.5. The molecule has 0 radical (unpaired) electrons. The Hall–Kier alpha value is -0.770. The molecule has 1 fully saturated rings. The van der Waals surface area contributed by atoms with E-state index in [4.69, 9.17) is 10.5 Å². The monoisotopic (exact) mass is 214 g/mol. The third kappa shape index (κ3) is 2.84. The Morgan fingerprint density at radius 2 is 2.27 bits per heavy atom. The number of amides is 1. The lowest BCUT2D eigenvalue weighted by atomic mass is 9.89. The van der Waals surface area contributed by atoms with Crippen LogP contribution in [-0.4, -0.2) is 36.2 Å². The van der Waals surface area contributed by atoms with Crippen molar-refractivity contribution in [3.05, 3.63) is 0 Å². The minimum atomic E-state index is -0.258. The second-order valence-electron chi connectivity index (χ2n) is 4.92. The highest BCUT2D eigenvalue weighted by molar-refractivity contribution is 5.69. The van der Waals surface area contributed by atoms with Gasteiger partial charge in [-0.15, -0.1) is 0 Å². The van der Waals surface area contributed by atoms with E-state index in [2.05, 4.69) is 13.8 Å². The highest BCUT2D eigenvalue weighted by Crippen LogP contribution is 2.25. The lowest BCUT2D eigenvalue weighted by Gasteiger charge is -2.42. The van der Waals surface area contributed by atoms with Gasteiger partial charge >= 0.3 is 6.09 Å². The normalized spacial score (nSPS) is 21.4. The van der Waals surface area contributed by atoms with Crippen LogP contribution in [0.5, 0.6) is 0 Å². The van der Waals surface area contributed by atoms with Crippen molar-refractivity contribution >= 4 is 6.09 Å². The van der Waals surface area contributed by atoms with E-state index >= 15 is 0 Å². The molecule has 0 aliphatic carbocycles. The van der Waals surface area contributed by atoms with Gasteiger partial charge in [0.15, 0.2) is 0 Å². The summed E-state index contributed by atoms with van der Waals surface area (Å²) in [5, 5.41) is 0. The number of ether oxygens (including phenoxy) is 1. The molecule has 1 rings (SSSR count). The first kappa shape index (κ1) is 12.3. The SMILES string of the molecule is CC(C)CC(C)(CN)N1CCCOC1=O. The van der Waals surface area contributed by atoms with E-state index in [1.165, 1.54) is 0 Å². The predicted molar refractivity (Wildman–Crippen MR) is 59.6 cm³/mol. The molecule has 1 heterocycles. The van der Waals surface area contributed by atoms with Crippen LogP contribution in [0.3, 0.4) is 0 Å². The van der Waals surface area contributed by atoms with E-state index in [-0.39, 0.29) is 11.6 Å². The second kappa shape index (κ2) is 4.84. The van der Waals surface area contributed by atoms with E-state index in [1.54, 1.807) is 4.90 Å². The van der Waals surface area contributed by atoms with Gasteiger partial charge in [-0.05, 0) is 25.7 Å². The smallest absolute Gasteiger partial charge is 0.410 e. The summed E-state index contributed by atoms with van der Waals surface area (Å²) in [7, 11) is 0. The molecule has 1 atom stereocenters. The summed E-state index contributed by atoms with van der Waals surface area (Å²) >= 11 is 0. The van der Waals surface area contributed by atoms with Crippen molar-refractivity contribution in [2.24, 2.45) is 11.7 Å². The van der Waals surface area contributed by atoms with E-state index in [1.807, 2.05) is 6.92 Å². The fourth-order valence-corrected chi connectivity index (χ4v) is 2.22. The van der Waals surface area contributed by atoms with Crippen molar-refractivity contribution in [2.75, 3.05) is 19.7 Å². The molecule has 0 aromatic carbocycles. The standard InChI is InChI=1S/C11H22N2O2/c1-9(2)7-11(3,8-12)13-5-4-6-15-10(13)14/h9H,4-8,12H2,1-3H3. The summed E-state index contributed by atoms with van der Waals surface area (Å²) in [6.07, 6.45) is 1.60. The van der Waals surface area contributed by atoms with Crippen molar-refractivity contribution in [2.45, 2.75) is 39.2 Å². The van der Waals surface area contributed by atoms with Gasteiger partial charge in [0.2, 0.25) is 0 Å². The fourth-order valence-electron chi connectivity index (χ4n) is 2.22. The van der Waals surface area contributed by atoms with Crippen LogP contribution in [0.1, 0.15) is 33.6 Å².